The van der Waals surface area contributed by atoms with Crippen LogP contribution in [0.25, 0.3) is 0 Å². The van der Waals surface area contributed by atoms with Crippen LogP contribution in [0.5, 0.6) is 5.75 Å². The summed E-state index contributed by atoms with van der Waals surface area (Å²) >= 11 is 6.22. The summed E-state index contributed by atoms with van der Waals surface area (Å²) in [5, 5.41) is 6.51. The summed E-state index contributed by atoms with van der Waals surface area (Å²) in [5.74, 6) is 0.716. The predicted molar refractivity (Wildman–Crippen MR) is 99.6 cm³/mol. The van der Waals surface area contributed by atoms with E-state index in [1.165, 1.54) is 0 Å². The summed E-state index contributed by atoms with van der Waals surface area (Å²) in [7, 11) is 1.60. The zero-order valence-corrected chi connectivity index (χ0v) is 15.3. The number of nitrogens with zero attached hydrogens (tertiary/aromatic N) is 1. The zero-order chi connectivity index (χ0) is 18.4. The first-order valence-corrected chi connectivity index (χ1v) is 8.93. The average molecular weight is 376 g/mol. The van der Waals surface area contributed by atoms with Crippen molar-refractivity contribution in [3.05, 3.63) is 58.9 Å². The number of aromatic nitrogens is 1. The number of nitrogens with one attached hydrogen (secondary N) is 2. The Morgan fingerprint density at radius 3 is 2.88 bits per heavy atom. The molecule has 0 bridgehead atoms. The maximum atomic E-state index is 12.2. The van der Waals surface area contributed by atoms with Crippen LogP contribution in [0.3, 0.4) is 0 Å². The number of urea groups is 1. The van der Waals surface area contributed by atoms with Gasteiger partial charge in [0.2, 0.25) is 0 Å². The summed E-state index contributed by atoms with van der Waals surface area (Å²) < 4.78 is 10.9. The highest BCUT2D eigenvalue weighted by molar-refractivity contribution is 6.31. The minimum absolute atomic E-state index is 0.0537. The van der Waals surface area contributed by atoms with Gasteiger partial charge < -0.3 is 20.1 Å². The van der Waals surface area contributed by atoms with Gasteiger partial charge in [0.1, 0.15) is 11.9 Å². The molecule has 0 spiro atoms. The van der Waals surface area contributed by atoms with Gasteiger partial charge in [-0.2, -0.15) is 0 Å². The molecule has 2 aromatic rings. The van der Waals surface area contributed by atoms with Gasteiger partial charge in [-0.25, -0.2) is 4.79 Å². The van der Waals surface area contributed by atoms with Gasteiger partial charge in [0.25, 0.3) is 0 Å². The highest BCUT2D eigenvalue weighted by atomic mass is 35.5. The second-order valence-electron chi connectivity index (χ2n) is 6.07. The van der Waals surface area contributed by atoms with Gasteiger partial charge >= 0.3 is 6.03 Å². The van der Waals surface area contributed by atoms with Crippen molar-refractivity contribution < 1.29 is 14.3 Å². The Bertz CT molecular complexity index is 742. The number of ether oxygens (including phenoxy) is 2. The van der Waals surface area contributed by atoms with Crippen molar-refractivity contribution in [3.8, 4) is 5.75 Å². The number of amides is 2. The molecule has 0 saturated carbocycles. The number of pyridine rings is 1. The van der Waals surface area contributed by atoms with Crippen molar-refractivity contribution in [2.45, 2.75) is 25.0 Å². The topological polar surface area (TPSA) is 72.5 Å². The molecule has 2 amide bonds. The van der Waals surface area contributed by atoms with E-state index in [9.17, 15) is 4.79 Å². The van der Waals surface area contributed by atoms with Gasteiger partial charge in [0, 0.05) is 30.6 Å². The summed E-state index contributed by atoms with van der Waals surface area (Å²) in [6.45, 7) is 1.12. The van der Waals surface area contributed by atoms with Gasteiger partial charge in [-0.1, -0.05) is 17.7 Å². The number of carbonyl (C=O) groups is 1. The van der Waals surface area contributed by atoms with Crippen molar-refractivity contribution in [2.24, 2.45) is 0 Å². The van der Waals surface area contributed by atoms with Crippen molar-refractivity contribution >= 4 is 17.6 Å². The second kappa shape index (κ2) is 8.87. The van der Waals surface area contributed by atoms with Crippen molar-refractivity contribution in [1.82, 2.24) is 15.6 Å². The molecule has 0 aliphatic carbocycles. The lowest BCUT2D eigenvalue weighted by atomic mass is 10.0. The fourth-order valence-electron chi connectivity index (χ4n) is 3.01. The van der Waals surface area contributed by atoms with E-state index in [0.717, 1.165) is 17.5 Å². The fraction of sp³-hybridized carbons (Fsp3) is 0.368. The Morgan fingerprint density at radius 2 is 2.15 bits per heavy atom. The van der Waals surface area contributed by atoms with Crippen LogP contribution >= 0.6 is 11.6 Å². The molecule has 0 radical (unpaired) electrons. The van der Waals surface area contributed by atoms with E-state index in [4.69, 9.17) is 21.1 Å². The third-order valence-electron chi connectivity index (χ3n) is 4.38. The molecule has 1 saturated heterocycles. The standard InChI is InChI=1S/C19H22ClN3O3/c1-25-15-3-2-13(16(20)12-15)6-10-22-19(24)23-17-7-11-26-18(17)14-4-8-21-9-5-14/h2-5,8-9,12,17-18H,6-7,10-11H2,1H3,(H2,22,23,24)/t17-,18+/m1/s1. The average Bonchev–Trinajstić information content (AvgIpc) is 3.11. The van der Waals surface area contributed by atoms with E-state index in [1.807, 2.05) is 24.3 Å². The molecule has 0 unspecified atom stereocenters. The van der Waals surface area contributed by atoms with Gasteiger partial charge in [0.15, 0.2) is 0 Å². The van der Waals surface area contributed by atoms with E-state index >= 15 is 0 Å². The summed E-state index contributed by atoms with van der Waals surface area (Å²) in [6, 6.07) is 9.10. The zero-order valence-electron chi connectivity index (χ0n) is 14.6. The SMILES string of the molecule is COc1ccc(CCNC(=O)N[C@@H]2CCO[C@H]2c2ccncc2)c(Cl)c1. The molecule has 7 heteroatoms. The maximum Gasteiger partial charge on any atom is 0.315 e. The highest BCUT2D eigenvalue weighted by Gasteiger charge is 2.30. The minimum Gasteiger partial charge on any atom is -0.497 e. The van der Waals surface area contributed by atoms with Crippen LogP contribution in [0.15, 0.2) is 42.7 Å². The molecule has 1 fully saturated rings. The number of carbonyl (C=O) groups excluding carboxylic acids is 1. The summed E-state index contributed by atoms with van der Waals surface area (Å²) in [6.07, 6.45) is 4.75. The van der Waals surface area contributed by atoms with E-state index in [-0.39, 0.29) is 18.2 Å². The molecule has 1 aliphatic rings. The van der Waals surface area contributed by atoms with Crippen LogP contribution in [-0.2, 0) is 11.2 Å². The summed E-state index contributed by atoms with van der Waals surface area (Å²) in [4.78, 5) is 16.2. The summed E-state index contributed by atoms with van der Waals surface area (Å²) in [5.41, 5.74) is 1.99. The van der Waals surface area contributed by atoms with Gasteiger partial charge in [0.05, 0.1) is 13.2 Å². The molecular weight excluding hydrogens is 354 g/mol. The molecule has 1 aromatic heterocycles. The van der Waals surface area contributed by atoms with Gasteiger partial charge in [-0.05, 0) is 48.2 Å². The van der Waals surface area contributed by atoms with Crippen LogP contribution in [0.2, 0.25) is 5.02 Å². The van der Waals surface area contributed by atoms with Crippen molar-refractivity contribution in [1.29, 1.82) is 0 Å². The first-order valence-electron chi connectivity index (χ1n) is 8.55. The van der Waals surface area contributed by atoms with Crippen LogP contribution in [0.1, 0.15) is 23.7 Å². The largest absolute Gasteiger partial charge is 0.497 e. The van der Waals surface area contributed by atoms with Gasteiger partial charge in [-0.15, -0.1) is 0 Å². The van der Waals surface area contributed by atoms with E-state index in [2.05, 4.69) is 15.6 Å². The lowest BCUT2D eigenvalue weighted by Crippen LogP contribution is -2.43. The number of methoxy groups -OCH3 is 1. The second-order valence-corrected chi connectivity index (χ2v) is 6.48. The third kappa shape index (κ3) is 4.65. The van der Waals surface area contributed by atoms with Crippen LogP contribution in [0, 0.1) is 0 Å². The smallest absolute Gasteiger partial charge is 0.315 e. The van der Waals surface area contributed by atoms with E-state index < -0.39 is 0 Å². The van der Waals surface area contributed by atoms with Gasteiger partial charge in [-0.3, -0.25) is 4.98 Å². The normalized spacial score (nSPS) is 19.2. The van der Waals surface area contributed by atoms with Crippen molar-refractivity contribution in [2.75, 3.05) is 20.3 Å². The fourth-order valence-corrected chi connectivity index (χ4v) is 3.27. The Kier molecular flexibility index (Phi) is 6.30. The monoisotopic (exact) mass is 375 g/mol. The molecule has 26 heavy (non-hydrogen) atoms. The van der Waals surface area contributed by atoms with E-state index in [0.29, 0.717) is 30.3 Å². The van der Waals surface area contributed by atoms with Crippen molar-refractivity contribution in [3.63, 3.8) is 0 Å². The number of hydrogen-bond donors (Lipinski definition) is 2. The van der Waals surface area contributed by atoms with Crippen LogP contribution in [0.4, 0.5) is 4.79 Å². The lowest BCUT2D eigenvalue weighted by Gasteiger charge is -2.20. The van der Waals surface area contributed by atoms with E-state index in [1.54, 1.807) is 25.6 Å². The maximum absolute atomic E-state index is 12.2. The number of rotatable bonds is 6. The molecule has 2 heterocycles. The molecule has 3 rings (SSSR count). The Hall–Kier alpha value is -2.31. The number of benzene rings is 1. The molecule has 2 N–H and O–H groups in total. The molecule has 1 aromatic carbocycles. The molecular formula is C19H22ClN3O3. The number of hydrogen-bond acceptors (Lipinski definition) is 4. The first kappa shape index (κ1) is 18.5. The predicted octanol–water partition coefficient (Wildman–Crippen LogP) is 3.12. The Balaban J connectivity index is 1.48. The van der Waals surface area contributed by atoms with Crippen LogP contribution < -0.4 is 15.4 Å². The number of halogens is 1. The lowest BCUT2D eigenvalue weighted by molar-refractivity contribution is 0.0999. The Morgan fingerprint density at radius 1 is 1.35 bits per heavy atom. The Labute approximate surface area is 157 Å². The molecule has 6 nitrogen and oxygen atoms in total. The highest BCUT2D eigenvalue weighted by Crippen LogP contribution is 2.28. The quantitative estimate of drug-likeness (QED) is 0.813. The first-order chi connectivity index (χ1) is 12.7. The van der Waals surface area contributed by atoms with Crippen LogP contribution in [-0.4, -0.2) is 37.3 Å². The third-order valence-corrected chi connectivity index (χ3v) is 4.73. The molecule has 138 valence electrons. The molecule has 2 atom stereocenters. The minimum atomic E-state index is -0.204. The molecule has 1 aliphatic heterocycles.